The van der Waals surface area contributed by atoms with Gasteiger partial charge in [0.1, 0.15) is 5.76 Å². The predicted molar refractivity (Wildman–Crippen MR) is 87.4 cm³/mol. The molecule has 120 valence electrons. The van der Waals surface area contributed by atoms with Crippen LogP contribution in [-0.2, 0) is 0 Å². The summed E-state index contributed by atoms with van der Waals surface area (Å²) in [6.07, 6.45) is 5.51. The monoisotopic (exact) mass is 310 g/mol. The molecule has 2 aliphatic rings. The van der Waals surface area contributed by atoms with E-state index in [9.17, 15) is 4.79 Å². The third-order valence-corrected chi connectivity index (χ3v) is 5.01. The molecule has 1 saturated carbocycles. The molecule has 1 atom stereocenters. The zero-order valence-corrected chi connectivity index (χ0v) is 13.3. The molecule has 1 aromatic heterocycles. The van der Waals surface area contributed by atoms with Crippen molar-refractivity contribution in [3.05, 3.63) is 53.4 Å². The standard InChI is InChI=1S/C19H22N2O2/c22-19(17-13-18(23-20-17)16-8-9-16)21-11-4-7-15(10-12-21)14-5-2-1-3-6-14/h1-3,5-6,13,15-16H,4,7-12H2. The number of rotatable bonds is 3. The Kier molecular flexibility index (Phi) is 3.90. The van der Waals surface area contributed by atoms with E-state index in [1.807, 2.05) is 11.0 Å². The van der Waals surface area contributed by atoms with Gasteiger partial charge in [-0.3, -0.25) is 4.79 Å². The largest absolute Gasteiger partial charge is 0.360 e. The number of hydrogen-bond acceptors (Lipinski definition) is 3. The fourth-order valence-corrected chi connectivity index (χ4v) is 3.47. The van der Waals surface area contributed by atoms with Crippen molar-refractivity contribution < 1.29 is 9.32 Å². The highest BCUT2D eigenvalue weighted by atomic mass is 16.5. The highest BCUT2D eigenvalue weighted by Crippen LogP contribution is 2.40. The lowest BCUT2D eigenvalue weighted by atomic mass is 9.92. The number of carbonyl (C=O) groups excluding carboxylic acids is 1. The lowest BCUT2D eigenvalue weighted by molar-refractivity contribution is 0.0750. The van der Waals surface area contributed by atoms with Gasteiger partial charge in [0.05, 0.1) is 0 Å². The third-order valence-electron chi connectivity index (χ3n) is 5.01. The Labute approximate surface area is 136 Å². The van der Waals surface area contributed by atoms with Crippen LogP contribution in [0.15, 0.2) is 40.9 Å². The summed E-state index contributed by atoms with van der Waals surface area (Å²) in [5.41, 5.74) is 1.87. The van der Waals surface area contributed by atoms with Gasteiger partial charge in [-0.15, -0.1) is 0 Å². The molecule has 1 aliphatic heterocycles. The molecule has 1 aliphatic carbocycles. The van der Waals surface area contributed by atoms with E-state index in [1.54, 1.807) is 0 Å². The van der Waals surface area contributed by atoms with Crippen LogP contribution in [-0.4, -0.2) is 29.1 Å². The minimum atomic E-state index is 0.0226. The van der Waals surface area contributed by atoms with Crippen LogP contribution in [0.2, 0.25) is 0 Å². The van der Waals surface area contributed by atoms with E-state index in [0.29, 0.717) is 17.5 Å². The molecule has 0 N–H and O–H groups in total. The molecule has 4 nitrogen and oxygen atoms in total. The molecule has 4 rings (SSSR count). The van der Waals surface area contributed by atoms with Crippen molar-refractivity contribution in [2.75, 3.05) is 13.1 Å². The first-order valence-electron chi connectivity index (χ1n) is 8.62. The van der Waals surface area contributed by atoms with Crippen LogP contribution in [0.5, 0.6) is 0 Å². The van der Waals surface area contributed by atoms with Crippen LogP contribution < -0.4 is 0 Å². The molecular weight excluding hydrogens is 288 g/mol. The smallest absolute Gasteiger partial charge is 0.276 e. The van der Waals surface area contributed by atoms with Gasteiger partial charge in [-0.05, 0) is 43.6 Å². The maximum Gasteiger partial charge on any atom is 0.276 e. The Morgan fingerprint density at radius 1 is 1.04 bits per heavy atom. The second-order valence-electron chi connectivity index (χ2n) is 6.72. The summed E-state index contributed by atoms with van der Waals surface area (Å²) in [4.78, 5) is 14.6. The molecule has 1 unspecified atom stereocenters. The second-order valence-corrected chi connectivity index (χ2v) is 6.72. The van der Waals surface area contributed by atoms with Crippen molar-refractivity contribution in [1.29, 1.82) is 0 Å². The van der Waals surface area contributed by atoms with Crippen molar-refractivity contribution in [3.8, 4) is 0 Å². The van der Waals surface area contributed by atoms with Crippen LogP contribution in [0, 0.1) is 0 Å². The summed E-state index contributed by atoms with van der Waals surface area (Å²) in [7, 11) is 0. The number of benzene rings is 1. The van der Waals surface area contributed by atoms with E-state index in [2.05, 4.69) is 35.5 Å². The van der Waals surface area contributed by atoms with Gasteiger partial charge in [-0.1, -0.05) is 35.5 Å². The number of likely N-dealkylation sites (tertiary alicyclic amines) is 1. The molecule has 2 aromatic rings. The van der Waals surface area contributed by atoms with Crippen molar-refractivity contribution in [1.82, 2.24) is 10.1 Å². The molecule has 23 heavy (non-hydrogen) atoms. The molecule has 2 fully saturated rings. The van der Waals surface area contributed by atoms with Gasteiger partial charge in [-0.2, -0.15) is 0 Å². The SMILES string of the molecule is O=C(c1cc(C2CC2)on1)N1CCCC(c2ccccc2)CC1. The average Bonchev–Trinajstić information content (AvgIpc) is 3.37. The van der Waals surface area contributed by atoms with Gasteiger partial charge in [0.15, 0.2) is 5.69 Å². The quantitative estimate of drug-likeness (QED) is 0.862. The summed E-state index contributed by atoms with van der Waals surface area (Å²) in [5.74, 6) is 1.95. The molecular formula is C19H22N2O2. The van der Waals surface area contributed by atoms with Crippen molar-refractivity contribution >= 4 is 5.91 Å². The Morgan fingerprint density at radius 2 is 1.87 bits per heavy atom. The number of aromatic nitrogens is 1. The van der Waals surface area contributed by atoms with Gasteiger partial charge in [0, 0.05) is 25.1 Å². The van der Waals surface area contributed by atoms with E-state index in [-0.39, 0.29) is 5.91 Å². The predicted octanol–water partition coefficient (Wildman–Crippen LogP) is 3.96. The summed E-state index contributed by atoms with van der Waals surface area (Å²) in [6, 6.07) is 12.5. The van der Waals surface area contributed by atoms with E-state index in [4.69, 9.17) is 4.52 Å². The normalized spacial score (nSPS) is 21.9. The summed E-state index contributed by atoms with van der Waals surface area (Å²) >= 11 is 0. The van der Waals surface area contributed by atoms with Crippen LogP contribution in [0.3, 0.4) is 0 Å². The summed E-state index contributed by atoms with van der Waals surface area (Å²) in [5, 5.41) is 3.99. The molecule has 0 spiro atoms. The van der Waals surface area contributed by atoms with E-state index in [0.717, 1.165) is 51.0 Å². The molecule has 4 heteroatoms. The van der Waals surface area contributed by atoms with Gasteiger partial charge in [0.2, 0.25) is 0 Å². The lowest BCUT2D eigenvalue weighted by Gasteiger charge is -2.19. The van der Waals surface area contributed by atoms with Crippen LogP contribution in [0.25, 0.3) is 0 Å². The van der Waals surface area contributed by atoms with E-state index < -0.39 is 0 Å². The van der Waals surface area contributed by atoms with Crippen molar-refractivity contribution in [2.24, 2.45) is 0 Å². The maximum absolute atomic E-state index is 12.7. The Hall–Kier alpha value is -2.10. The molecule has 1 amide bonds. The average molecular weight is 310 g/mol. The zero-order valence-electron chi connectivity index (χ0n) is 13.3. The Bertz CT molecular complexity index is 676. The van der Waals surface area contributed by atoms with Gasteiger partial charge in [0.25, 0.3) is 5.91 Å². The first-order valence-corrected chi connectivity index (χ1v) is 8.62. The first kappa shape index (κ1) is 14.5. The fourth-order valence-electron chi connectivity index (χ4n) is 3.47. The first-order chi connectivity index (χ1) is 11.3. The lowest BCUT2D eigenvalue weighted by Crippen LogP contribution is -2.32. The summed E-state index contributed by atoms with van der Waals surface area (Å²) < 4.78 is 5.32. The topological polar surface area (TPSA) is 46.3 Å². The minimum absolute atomic E-state index is 0.0226. The maximum atomic E-state index is 12.7. The molecule has 0 bridgehead atoms. The molecule has 1 aromatic carbocycles. The number of hydrogen-bond donors (Lipinski definition) is 0. The zero-order chi connectivity index (χ0) is 15.6. The second kappa shape index (κ2) is 6.19. The molecule has 2 heterocycles. The van der Waals surface area contributed by atoms with Crippen LogP contribution >= 0.6 is 0 Å². The number of amides is 1. The van der Waals surface area contributed by atoms with Gasteiger partial charge < -0.3 is 9.42 Å². The van der Waals surface area contributed by atoms with Crippen LogP contribution in [0.4, 0.5) is 0 Å². The highest BCUT2D eigenvalue weighted by Gasteiger charge is 2.30. The van der Waals surface area contributed by atoms with E-state index >= 15 is 0 Å². The Balaban J connectivity index is 1.42. The molecule has 1 saturated heterocycles. The fraction of sp³-hybridized carbons (Fsp3) is 0.474. The van der Waals surface area contributed by atoms with Crippen LogP contribution in [0.1, 0.15) is 65.8 Å². The highest BCUT2D eigenvalue weighted by molar-refractivity contribution is 5.92. The van der Waals surface area contributed by atoms with Gasteiger partial charge in [-0.25, -0.2) is 0 Å². The minimum Gasteiger partial charge on any atom is -0.360 e. The van der Waals surface area contributed by atoms with E-state index in [1.165, 1.54) is 5.56 Å². The van der Waals surface area contributed by atoms with Gasteiger partial charge >= 0.3 is 0 Å². The molecule has 0 radical (unpaired) electrons. The number of nitrogens with zero attached hydrogens (tertiary/aromatic N) is 2. The third kappa shape index (κ3) is 3.16. The summed E-state index contributed by atoms with van der Waals surface area (Å²) in [6.45, 7) is 1.61. The number of carbonyl (C=O) groups is 1. The Morgan fingerprint density at radius 3 is 2.65 bits per heavy atom. The van der Waals surface area contributed by atoms with Crippen molar-refractivity contribution in [3.63, 3.8) is 0 Å². The van der Waals surface area contributed by atoms with Crippen molar-refractivity contribution in [2.45, 2.75) is 43.9 Å².